The van der Waals surface area contributed by atoms with Gasteiger partial charge >= 0.3 is 0 Å². The average molecular weight is 397 g/mol. The number of piperidine rings is 3. The Kier molecular flexibility index (Phi) is 4.99. The summed E-state index contributed by atoms with van der Waals surface area (Å²) >= 11 is 0. The summed E-state index contributed by atoms with van der Waals surface area (Å²) in [5.74, 6) is 2.04. The number of fused-ring (bicyclic) bond motifs is 3. The summed E-state index contributed by atoms with van der Waals surface area (Å²) in [6.07, 6.45) is 6.69. The third-order valence-electron chi connectivity index (χ3n) is 7.12. The second-order valence-electron chi connectivity index (χ2n) is 8.79. The van der Waals surface area contributed by atoms with Crippen molar-refractivity contribution in [3.05, 3.63) is 30.5 Å². The number of aromatic nitrogens is 3. The van der Waals surface area contributed by atoms with Crippen molar-refractivity contribution in [2.24, 2.45) is 11.8 Å². The predicted octanol–water partition coefficient (Wildman–Crippen LogP) is 0.869. The van der Waals surface area contributed by atoms with E-state index in [0.717, 1.165) is 49.6 Å². The molecule has 1 unspecified atom stereocenters. The Morgan fingerprint density at radius 3 is 2.72 bits per heavy atom. The van der Waals surface area contributed by atoms with Gasteiger partial charge in [-0.1, -0.05) is 5.21 Å². The number of carbonyl (C=O) groups excluding carboxylic acids is 1. The smallest absolute Gasteiger partial charge is 0.231 e. The van der Waals surface area contributed by atoms with Gasteiger partial charge in [0.1, 0.15) is 17.5 Å². The number of likely N-dealkylation sites (tertiary alicyclic amines) is 1. The van der Waals surface area contributed by atoms with E-state index in [4.69, 9.17) is 4.74 Å². The quantitative estimate of drug-likeness (QED) is 0.815. The fourth-order valence-corrected chi connectivity index (χ4v) is 5.48. The van der Waals surface area contributed by atoms with Crippen LogP contribution < -0.4 is 9.64 Å². The van der Waals surface area contributed by atoms with Gasteiger partial charge in [-0.2, -0.15) is 0 Å². The van der Waals surface area contributed by atoms with Crippen LogP contribution in [-0.2, 0) is 11.3 Å². The van der Waals surface area contributed by atoms with E-state index in [0.29, 0.717) is 17.9 Å². The van der Waals surface area contributed by atoms with Gasteiger partial charge in [-0.15, -0.1) is 5.10 Å². The lowest BCUT2D eigenvalue weighted by molar-refractivity contribution is -0.945. The Morgan fingerprint density at radius 2 is 2.03 bits per heavy atom. The largest absolute Gasteiger partial charge is 0.497 e. The van der Waals surface area contributed by atoms with Gasteiger partial charge in [0.25, 0.3) is 0 Å². The Labute approximate surface area is 171 Å². The van der Waals surface area contributed by atoms with Gasteiger partial charge in [-0.05, 0) is 43.0 Å². The number of amides is 1. The molecule has 1 N–H and O–H groups in total. The van der Waals surface area contributed by atoms with Gasteiger partial charge < -0.3 is 14.5 Å². The van der Waals surface area contributed by atoms with E-state index in [9.17, 15) is 4.79 Å². The Bertz CT molecular complexity index is 858. The molecule has 0 aliphatic carbocycles. The predicted molar refractivity (Wildman–Crippen MR) is 109 cm³/mol. The molecule has 6 rings (SSSR count). The molecule has 0 saturated carbocycles. The van der Waals surface area contributed by atoms with E-state index in [1.54, 1.807) is 12.0 Å². The summed E-state index contributed by atoms with van der Waals surface area (Å²) in [5, 5.41) is 8.74. The molecular formula is C22H30N5O2+. The molecule has 2 bridgehead atoms. The minimum absolute atomic E-state index is 0.235. The highest BCUT2D eigenvalue weighted by Crippen LogP contribution is 2.30. The van der Waals surface area contributed by atoms with Gasteiger partial charge in [-0.3, -0.25) is 4.79 Å². The fraction of sp³-hybridized carbons (Fsp3) is 0.591. The van der Waals surface area contributed by atoms with Crippen LogP contribution in [0.5, 0.6) is 5.75 Å². The first-order chi connectivity index (χ1) is 14.2. The minimum Gasteiger partial charge on any atom is -0.497 e. The van der Waals surface area contributed by atoms with Crippen LogP contribution in [0.1, 0.15) is 25.7 Å². The van der Waals surface area contributed by atoms with Gasteiger partial charge in [-0.25, -0.2) is 4.68 Å². The molecule has 4 saturated heterocycles. The molecule has 4 aliphatic rings. The lowest BCUT2D eigenvalue weighted by atomic mass is 9.75. The third-order valence-corrected chi connectivity index (χ3v) is 7.12. The van der Waals surface area contributed by atoms with Crippen molar-refractivity contribution in [3.63, 3.8) is 0 Å². The summed E-state index contributed by atoms with van der Waals surface area (Å²) in [6, 6.07) is 8.45. The summed E-state index contributed by atoms with van der Waals surface area (Å²) in [6.45, 7) is 4.98. The Hall–Kier alpha value is -2.41. The lowest BCUT2D eigenvalue weighted by Gasteiger charge is -2.46. The van der Waals surface area contributed by atoms with E-state index in [1.807, 2.05) is 35.1 Å². The van der Waals surface area contributed by atoms with Gasteiger partial charge in [0, 0.05) is 31.5 Å². The molecule has 154 valence electrons. The molecule has 29 heavy (non-hydrogen) atoms. The molecule has 4 atom stereocenters. The number of benzene rings is 1. The molecule has 5 heterocycles. The Balaban J connectivity index is 1.23. The van der Waals surface area contributed by atoms with Gasteiger partial charge in [0.15, 0.2) is 0 Å². The number of hydrogen-bond acceptors (Lipinski definition) is 4. The number of rotatable bonds is 5. The summed E-state index contributed by atoms with van der Waals surface area (Å²) < 4.78 is 7.21. The maximum atomic E-state index is 12.9. The first kappa shape index (κ1) is 18.6. The fourth-order valence-electron chi connectivity index (χ4n) is 5.48. The normalized spacial score (nSPS) is 28.7. The molecular weight excluding hydrogens is 366 g/mol. The molecule has 1 aromatic carbocycles. The number of ether oxygens (including phenoxy) is 1. The number of nitrogens with one attached hydrogen (secondary N) is 1. The van der Waals surface area contributed by atoms with Crippen LogP contribution in [0.2, 0.25) is 0 Å². The topological polar surface area (TPSA) is 64.7 Å². The van der Waals surface area contributed by atoms with Crippen LogP contribution in [0.3, 0.4) is 0 Å². The van der Waals surface area contributed by atoms with E-state index in [1.165, 1.54) is 25.8 Å². The molecule has 0 radical (unpaired) electrons. The van der Waals surface area contributed by atoms with Gasteiger partial charge in [0.2, 0.25) is 5.91 Å². The van der Waals surface area contributed by atoms with Crippen molar-refractivity contribution in [1.82, 2.24) is 19.9 Å². The number of hydrogen-bond donors (Lipinski definition) is 1. The maximum absolute atomic E-state index is 12.9. The van der Waals surface area contributed by atoms with Crippen LogP contribution in [-0.4, -0.2) is 65.1 Å². The van der Waals surface area contributed by atoms with Crippen LogP contribution in [0.15, 0.2) is 30.5 Å². The van der Waals surface area contributed by atoms with E-state index in [2.05, 4.69) is 15.2 Å². The summed E-state index contributed by atoms with van der Waals surface area (Å²) in [5.41, 5.74) is 1.94. The summed E-state index contributed by atoms with van der Waals surface area (Å²) in [7, 11) is 1.67. The van der Waals surface area contributed by atoms with Crippen LogP contribution in [0.25, 0.3) is 11.3 Å². The van der Waals surface area contributed by atoms with Crippen molar-refractivity contribution in [2.45, 2.75) is 38.3 Å². The summed E-state index contributed by atoms with van der Waals surface area (Å²) in [4.78, 5) is 16.6. The molecule has 0 spiro atoms. The molecule has 1 amide bonds. The standard InChI is InChI=1S/C22H29N5O2/c1-29-19-6-4-16(5-7-19)21-15-27(24-23-21)13-18-12-17-8-11-26(18)14-20(17)22(28)25-9-2-3-10-25/h4-7,15,17-18,20H,2-3,8-14H2,1H3/p+1/t17-,18+,20-/m0/s1. The first-order valence-electron chi connectivity index (χ1n) is 10.9. The second-order valence-corrected chi connectivity index (χ2v) is 8.79. The number of carbonyl (C=O) groups is 1. The zero-order valence-electron chi connectivity index (χ0n) is 17.1. The van der Waals surface area contributed by atoms with Crippen molar-refractivity contribution < 1.29 is 14.4 Å². The second kappa shape index (κ2) is 7.78. The first-order valence-corrected chi connectivity index (χ1v) is 10.9. The van der Waals surface area contributed by atoms with E-state index >= 15 is 0 Å². The van der Waals surface area contributed by atoms with Crippen molar-refractivity contribution in [2.75, 3.05) is 33.3 Å². The van der Waals surface area contributed by atoms with E-state index in [-0.39, 0.29) is 5.92 Å². The maximum Gasteiger partial charge on any atom is 0.231 e. The third kappa shape index (κ3) is 3.64. The van der Waals surface area contributed by atoms with E-state index < -0.39 is 0 Å². The minimum atomic E-state index is 0.235. The zero-order valence-corrected chi connectivity index (χ0v) is 17.1. The van der Waals surface area contributed by atoms with Crippen molar-refractivity contribution in [3.8, 4) is 17.0 Å². The lowest BCUT2D eigenvalue weighted by Crippen LogP contribution is -3.20. The van der Waals surface area contributed by atoms with Crippen LogP contribution in [0, 0.1) is 11.8 Å². The number of methoxy groups -OCH3 is 1. The number of nitrogens with zero attached hydrogens (tertiary/aromatic N) is 4. The van der Waals surface area contributed by atoms with Crippen molar-refractivity contribution in [1.29, 1.82) is 0 Å². The van der Waals surface area contributed by atoms with Crippen LogP contribution in [0.4, 0.5) is 0 Å². The van der Waals surface area contributed by atoms with Gasteiger partial charge in [0.05, 0.1) is 38.9 Å². The van der Waals surface area contributed by atoms with Crippen LogP contribution >= 0.6 is 0 Å². The Morgan fingerprint density at radius 1 is 1.24 bits per heavy atom. The van der Waals surface area contributed by atoms with Crippen molar-refractivity contribution >= 4 is 5.91 Å². The molecule has 4 aliphatic heterocycles. The molecule has 1 aromatic heterocycles. The zero-order chi connectivity index (χ0) is 19.8. The number of quaternary nitrogens is 1. The molecule has 7 heteroatoms. The molecule has 7 nitrogen and oxygen atoms in total. The highest BCUT2D eigenvalue weighted by molar-refractivity contribution is 5.79. The highest BCUT2D eigenvalue weighted by atomic mass is 16.5. The highest BCUT2D eigenvalue weighted by Gasteiger charge is 2.47. The average Bonchev–Trinajstić information content (AvgIpc) is 3.46. The molecule has 4 fully saturated rings. The SMILES string of the molecule is COc1ccc(-c2cn(C[C@H]3C[C@@H]4CC[NH+]3C[C@@H]4C(=O)N3CCCC3)nn2)cc1. The monoisotopic (exact) mass is 396 g/mol. The molecule has 2 aromatic rings.